The van der Waals surface area contributed by atoms with Crippen molar-refractivity contribution in [2.24, 2.45) is 7.05 Å². The zero-order valence-corrected chi connectivity index (χ0v) is 12.2. The number of ether oxygens (including phenoxy) is 1. The lowest BCUT2D eigenvalue weighted by Crippen LogP contribution is -2.31. The molecule has 0 aliphatic heterocycles. The number of hydrogen-bond acceptors (Lipinski definition) is 2. The molecule has 0 bridgehead atoms. The van der Waals surface area contributed by atoms with Crippen molar-refractivity contribution in [3.05, 3.63) is 53.9 Å². The molecule has 0 saturated heterocycles. The first-order valence-corrected chi connectivity index (χ1v) is 6.69. The number of hydrogen-bond donors (Lipinski definition) is 0. The Labute approximate surface area is 119 Å². The molecule has 0 radical (unpaired) electrons. The van der Waals surface area contributed by atoms with E-state index < -0.39 is 0 Å². The fourth-order valence-electron chi connectivity index (χ4n) is 2.12. The van der Waals surface area contributed by atoms with Gasteiger partial charge in [-0.3, -0.25) is 4.79 Å². The fraction of sp³-hybridized carbons (Fsp3) is 0.312. The number of benzene rings is 1. The minimum Gasteiger partial charge on any atom is -0.497 e. The number of methoxy groups -OCH3 is 1. The molecule has 2 rings (SSSR count). The Kier molecular flexibility index (Phi) is 4.45. The van der Waals surface area contributed by atoms with Gasteiger partial charge in [-0.05, 0) is 36.8 Å². The highest BCUT2D eigenvalue weighted by Crippen LogP contribution is 2.14. The lowest BCUT2D eigenvalue weighted by Gasteiger charge is -2.21. The van der Waals surface area contributed by atoms with E-state index in [1.807, 2.05) is 66.0 Å². The molecule has 0 unspecified atom stereocenters. The van der Waals surface area contributed by atoms with Crippen LogP contribution in [0.3, 0.4) is 0 Å². The summed E-state index contributed by atoms with van der Waals surface area (Å²) in [4.78, 5) is 14.3. The summed E-state index contributed by atoms with van der Waals surface area (Å²) in [7, 11) is 3.53. The van der Waals surface area contributed by atoms with Crippen LogP contribution >= 0.6 is 0 Å². The van der Waals surface area contributed by atoms with Crippen molar-refractivity contribution in [2.45, 2.75) is 13.5 Å². The van der Waals surface area contributed by atoms with Crippen molar-refractivity contribution in [2.75, 3.05) is 13.7 Å². The number of nitrogens with zero attached hydrogens (tertiary/aromatic N) is 2. The topological polar surface area (TPSA) is 34.5 Å². The Hall–Kier alpha value is -2.23. The average Bonchev–Trinajstić information content (AvgIpc) is 2.91. The maximum absolute atomic E-state index is 12.5. The van der Waals surface area contributed by atoms with E-state index in [1.165, 1.54) is 0 Å². The highest BCUT2D eigenvalue weighted by Gasteiger charge is 2.16. The van der Waals surface area contributed by atoms with Gasteiger partial charge in [0.2, 0.25) is 0 Å². The van der Waals surface area contributed by atoms with Gasteiger partial charge in [-0.25, -0.2) is 0 Å². The van der Waals surface area contributed by atoms with E-state index in [-0.39, 0.29) is 5.91 Å². The summed E-state index contributed by atoms with van der Waals surface area (Å²) < 4.78 is 6.98. The molecule has 0 saturated carbocycles. The smallest absolute Gasteiger partial charge is 0.270 e. The number of aromatic nitrogens is 1. The molecule has 4 nitrogen and oxygen atoms in total. The van der Waals surface area contributed by atoms with E-state index in [0.29, 0.717) is 18.8 Å². The first-order valence-electron chi connectivity index (χ1n) is 6.69. The Balaban J connectivity index is 2.12. The van der Waals surface area contributed by atoms with Crippen LogP contribution < -0.4 is 4.74 Å². The van der Waals surface area contributed by atoms with Gasteiger partial charge >= 0.3 is 0 Å². The van der Waals surface area contributed by atoms with E-state index in [0.717, 1.165) is 11.3 Å². The molecule has 2 aromatic rings. The van der Waals surface area contributed by atoms with Crippen molar-refractivity contribution in [3.63, 3.8) is 0 Å². The zero-order chi connectivity index (χ0) is 14.5. The number of carbonyl (C=O) groups excluding carboxylic acids is 1. The van der Waals surface area contributed by atoms with Crippen LogP contribution in [0.15, 0.2) is 42.6 Å². The van der Waals surface area contributed by atoms with Crippen molar-refractivity contribution in [1.82, 2.24) is 9.47 Å². The van der Waals surface area contributed by atoms with Crippen LogP contribution in [0.25, 0.3) is 0 Å². The number of aryl methyl sites for hydroxylation is 1. The molecule has 0 atom stereocenters. The van der Waals surface area contributed by atoms with Crippen LogP contribution in [-0.4, -0.2) is 29.0 Å². The fourth-order valence-corrected chi connectivity index (χ4v) is 2.12. The summed E-state index contributed by atoms with van der Waals surface area (Å²) >= 11 is 0. The van der Waals surface area contributed by atoms with Crippen molar-refractivity contribution in [1.29, 1.82) is 0 Å². The van der Waals surface area contributed by atoms with Crippen molar-refractivity contribution < 1.29 is 9.53 Å². The SMILES string of the molecule is CCN(Cc1ccc(OC)cc1)C(=O)c1cccn1C. The van der Waals surface area contributed by atoms with Gasteiger partial charge in [0.05, 0.1) is 7.11 Å². The van der Waals surface area contributed by atoms with Gasteiger partial charge in [0, 0.05) is 26.3 Å². The first-order chi connectivity index (χ1) is 9.65. The lowest BCUT2D eigenvalue weighted by molar-refractivity contribution is 0.0743. The Bertz CT molecular complexity index is 572. The van der Waals surface area contributed by atoms with E-state index in [4.69, 9.17) is 4.74 Å². The molecule has 4 heteroatoms. The maximum Gasteiger partial charge on any atom is 0.270 e. The van der Waals surface area contributed by atoms with E-state index >= 15 is 0 Å². The van der Waals surface area contributed by atoms with Gasteiger partial charge in [0.25, 0.3) is 5.91 Å². The predicted molar refractivity (Wildman–Crippen MR) is 78.8 cm³/mol. The maximum atomic E-state index is 12.5. The lowest BCUT2D eigenvalue weighted by atomic mass is 10.2. The third-order valence-electron chi connectivity index (χ3n) is 3.36. The molecule has 1 aromatic carbocycles. The monoisotopic (exact) mass is 272 g/mol. The van der Waals surface area contributed by atoms with Crippen LogP contribution in [0, 0.1) is 0 Å². The second-order valence-electron chi connectivity index (χ2n) is 4.67. The van der Waals surface area contributed by atoms with Crippen molar-refractivity contribution >= 4 is 5.91 Å². The van der Waals surface area contributed by atoms with Gasteiger partial charge in [0.1, 0.15) is 11.4 Å². The molecule has 106 valence electrons. The Morgan fingerprint density at radius 1 is 1.25 bits per heavy atom. The van der Waals surface area contributed by atoms with Crippen LogP contribution in [0.1, 0.15) is 23.0 Å². The second kappa shape index (κ2) is 6.28. The molecule has 1 amide bonds. The first kappa shape index (κ1) is 14.2. The van der Waals surface area contributed by atoms with E-state index in [9.17, 15) is 4.79 Å². The molecule has 0 N–H and O–H groups in total. The van der Waals surface area contributed by atoms with E-state index in [1.54, 1.807) is 7.11 Å². The van der Waals surface area contributed by atoms with Gasteiger partial charge in [0.15, 0.2) is 0 Å². The minimum absolute atomic E-state index is 0.0517. The highest BCUT2D eigenvalue weighted by molar-refractivity contribution is 5.92. The molecular weight excluding hydrogens is 252 g/mol. The highest BCUT2D eigenvalue weighted by atomic mass is 16.5. The van der Waals surface area contributed by atoms with E-state index in [2.05, 4.69) is 0 Å². The molecule has 0 fully saturated rings. The summed E-state index contributed by atoms with van der Waals surface area (Å²) in [6, 6.07) is 11.5. The third-order valence-corrected chi connectivity index (χ3v) is 3.36. The second-order valence-corrected chi connectivity index (χ2v) is 4.67. The normalized spacial score (nSPS) is 10.3. The predicted octanol–water partition coefficient (Wildman–Crippen LogP) is 2.70. The zero-order valence-electron chi connectivity index (χ0n) is 12.2. The molecule has 1 aromatic heterocycles. The molecule has 0 spiro atoms. The molecule has 1 heterocycles. The number of amides is 1. The third kappa shape index (κ3) is 3.02. The van der Waals surface area contributed by atoms with Gasteiger partial charge in [-0.2, -0.15) is 0 Å². The van der Waals surface area contributed by atoms with Gasteiger partial charge in [-0.1, -0.05) is 12.1 Å². The van der Waals surface area contributed by atoms with Crippen LogP contribution in [0.4, 0.5) is 0 Å². The van der Waals surface area contributed by atoms with Crippen LogP contribution in [0.5, 0.6) is 5.75 Å². The number of rotatable bonds is 5. The summed E-state index contributed by atoms with van der Waals surface area (Å²) in [6.45, 7) is 3.27. The molecular formula is C16H20N2O2. The molecule has 0 aliphatic carbocycles. The minimum atomic E-state index is 0.0517. The summed E-state index contributed by atoms with van der Waals surface area (Å²) in [6.07, 6.45) is 1.88. The van der Waals surface area contributed by atoms with Crippen LogP contribution in [-0.2, 0) is 13.6 Å². The summed E-state index contributed by atoms with van der Waals surface area (Å²) in [5.41, 5.74) is 1.80. The molecule has 0 aliphatic rings. The number of carbonyl (C=O) groups is 1. The standard InChI is InChI=1S/C16H20N2O2/c1-4-18(16(19)15-6-5-11-17(15)2)12-13-7-9-14(20-3)10-8-13/h5-11H,4,12H2,1-3H3. The summed E-state index contributed by atoms with van der Waals surface area (Å²) in [5.74, 6) is 0.876. The quantitative estimate of drug-likeness (QED) is 0.838. The van der Waals surface area contributed by atoms with Gasteiger partial charge < -0.3 is 14.2 Å². The Morgan fingerprint density at radius 3 is 2.45 bits per heavy atom. The van der Waals surface area contributed by atoms with Crippen LogP contribution in [0.2, 0.25) is 0 Å². The average molecular weight is 272 g/mol. The Morgan fingerprint density at radius 2 is 1.95 bits per heavy atom. The van der Waals surface area contributed by atoms with Crippen molar-refractivity contribution in [3.8, 4) is 5.75 Å². The van der Waals surface area contributed by atoms with Gasteiger partial charge in [-0.15, -0.1) is 0 Å². The summed E-state index contributed by atoms with van der Waals surface area (Å²) in [5, 5.41) is 0. The largest absolute Gasteiger partial charge is 0.497 e. The molecule has 20 heavy (non-hydrogen) atoms.